The molecule has 0 unspecified atom stereocenters. The fourth-order valence-corrected chi connectivity index (χ4v) is 5.70. The van der Waals surface area contributed by atoms with E-state index < -0.39 is 21.6 Å². The zero-order chi connectivity index (χ0) is 19.1. The van der Waals surface area contributed by atoms with Crippen molar-refractivity contribution in [1.29, 1.82) is 0 Å². The monoisotopic (exact) mass is 396 g/mol. The summed E-state index contributed by atoms with van der Waals surface area (Å²) in [6, 6.07) is 5.30. The first kappa shape index (κ1) is 18.8. The van der Waals surface area contributed by atoms with Crippen LogP contribution in [0.25, 0.3) is 0 Å². The van der Waals surface area contributed by atoms with E-state index in [4.69, 9.17) is 4.74 Å². The van der Waals surface area contributed by atoms with Crippen molar-refractivity contribution in [2.24, 2.45) is 0 Å². The molecule has 1 aromatic carbocycles. The second-order valence-electron chi connectivity index (χ2n) is 7.56. The lowest BCUT2D eigenvalue weighted by Crippen LogP contribution is -2.55. The highest BCUT2D eigenvalue weighted by Crippen LogP contribution is 2.33. The predicted octanol–water partition coefficient (Wildman–Crippen LogP) is 1.53. The van der Waals surface area contributed by atoms with Crippen LogP contribution in [0.5, 0.6) is 0 Å². The molecule has 0 atom stereocenters. The second kappa shape index (κ2) is 7.14. The number of carbonyl (C=O) groups excluding carboxylic acids is 1. The van der Waals surface area contributed by atoms with Crippen molar-refractivity contribution in [1.82, 2.24) is 9.21 Å². The van der Waals surface area contributed by atoms with Crippen LogP contribution in [-0.2, 0) is 32.4 Å². The number of piperidine rings is 1. The fraction of sp³-hybridized carbons (Fsp3) is 0.632. The second-order valence-corrected chi connectivity index (χ2v) is 9.50. The molecule has 0 N–H and O–H groups in total. The first-order chi connectivity index (χ1) is 12.9. The van der Waals surface area contributed by atoms with E-state index in [1.54, 1.807) is 12.1 Å². The van der Waals surface area contributed by atoms with Gasteiger partial charge in [0.15, 0.2) is 5.67 Å². The molecule has 2 aliphatic heterocycles. The van der Waals surface area contributed by atoms with Gasteiger partial charge in [0.2, 0.25) is 10.0 Å². The molecule has 2 fully saturated rings. The van der Waals surface area contributed by atoms with E-state index >= 15 is 4.39 Å². The molecule has 0 saturated carbocycles. The standard InChI is InChI=1S/C19H25FN2O4S/c20-19(18(23)21-10-12-26-13-11-21)6-8-22(9-7-19)27(24,25)17-5-4-15-2-1-3-16(15)14-17/h4-5,14H,1-3,6-13H2. The quantitative estimate of drug-likeness (QED) is 0.777. The first-order valence-electron chi connectivity index (χ1n) is 9.58. The Morgan fingerprint density at radius 2 is 1.70 bits per heavy atom. The molecular formula is C19H25FN2O4S. The smallest absolute Gasteiger partial charge is 0.260 e. The van der Waals surface area contributed by atoms with Gasteiger partial charge < -0.3 is 9.64 Å². The highest BCUT2D eigenvalue weighted by molar-refractivity contribution is 7.89. The first-order valence-corrected chi connectivity index (χ1v) is 11.0. The molecule has 8 heteroatoms. The summed E-state index contributed by atoms with van der Waals surface area (Å²) in [6.07, 6.45) is 2.74. The third-order valence-electron chi connectivity index (χ3n) is 5.90. The predicted molar refractivity (Wildman–Crippen MR) is 97.7 cm³/mol. The largest absolute Gasteiger partial charge is 0.378 e. The number of ether oxygens (including phenoxy) is 1. The SMILES string of the molecule is O=C(N1CCOCC1)C1(F)CCN(S(=O)(=O)c2ccc3c(c2)CCC3)CC1. The van der Waals surface area contributed by atoms with Gasteiger partial charge in [0.25, 0.3) is 5.91 Å². The Kier molecular flexibility index (Phi) is 4.98. The van der Waals surface area contributed by atoms with E-state index in [1.165, 1.54) is 14.8 Å². The average molecular weight is 396 g/mol. The van der Waals surface area contributed by atoms with Crippen molar-refractivity contribution < 1.29 is 22.3 Å². The molecule has 1 amide bonds. The minimum Gasteiger partial charge on any atom is -0.378 e. The summed E-state index contributed by atoms with van der Waals surface area (Å²) < 4.78 is 47.7. The van der Waals surface area contributed by atoms with E-state index in [0.29, 0.717) is 26.3 Å². The van der Waals surface area contributed by atoms with Gasteiger partial charge in [0.05, 0.1) is 18.1 Å². The molecule has 27 heavy (non-hydrogen) atoms. The van der Waals surface area contributed by atoms with Gasteiger partial charge in [-0.3, -0.25) is 4.79 Å². The molecular weight excluding hydrogens is 371 g/mol. The van der Waals surface area contributed by atoms with Crippen molar-refractivity contribution >= 4 is 15.9 Å². The average Bonchev–Trinajstić information content (AvgIpc) is 3.16. The van der Waals surface area contributed by atoms with Gasteiger partial charge in [-0.25, -0.2) is 12.8 Å². The number of aryl methyl sites for hydroxylation is 2. The molecule has 3 aliphatic rings. The summed E-state index contributed by atoms with van der Waals surface area (Å²) in [6.45, 7) is 1.66. The minimum absolute atomic E-state index is 0.0198. The molecule has 0 radical (unpaired) electrons. The van der Waals surface area contributed by atoms with Crippen molar-refractivity contribution in [3.8, 4) is 0 Å². The molecule has 6 nitrogen and oxygen atoms in total. The van der Waals surface area contributed by atoms with Gasteiger partial charge >= 0.3 is 0 Å². The lowest BCUT2D eigenvalue weighted by Gasteiger charge is -2.38. The highest BCUT2D eigenvalue weighted by Gasteiger charge is 2.46. The maximum absolute atomic E-state index is 15.2. The maximum Gasteiger partial charge on any atom is 0.260 e. The fourth-order valence-electron chi connectivity index (χ4n) is 4.20. The summed E-state index contributed by atoms with van der Waals surface area (Å²) in [4.78, 5) is 14.3. The number of hydrogen-bond acceptors (Lipinski definition) is 4. The Morgan fingerprint density at radius 1 is 1.04 bits per heavy atom. The molecule has 2 saturated heterocycles. The lowest BCUT2D eigenvalue weighted by molar-refractivity contribution is -0.150. The van der Waals surface area contributed by atoms with Crippen LogP contribution < -0.4 is 0 Å². The van der Waals surface area contributed by atoms with E-state index in [-0.39, 0.29) is 30.8 Å². The minimum atomic E-state index is -3.66. The highest BCUT2D eigenvalue weighted by atomic mass is 32.2. The number of fused-ring (bicyclic) bond motifs is 1. The number of nitrogens with zero attached hydrogens (tertiary/aromatic N) is 2. The summed E-state index contributed by atoms with van der Waals surface area (Å²) in [7, 11) is -3.66. The number of amides is 1. The van der Waals surface area contributed by atoms with Crippen molar-refractivity contribution in [2.45, 2.75) is 42.7 Å². The van der Waals surface area contributed by atoms with Crippen LogP contribution in [0.3, 0.4) is 0 Å². The van der Waals surface area contributed by atoms with Crippen molar-refractivity contribution in [3.63, 3.8) is 0 Å². The van der Waals surface area contributed by atoms with E-state index in [0.717, 1.165) is 24.8 Å². The van der Waals surface area contributed by atoms with Gasteiger partial charge in [-0.05, 0) is 42.5 Å². The van der Waals surface area contributed by atoms with Crippen molar-refractivity contribution in [3.05, 3.63) is 29.3 Å². The van der Waals surface area contributed by atoms with Crippen LogP contribution in [0.4, 0.5) is 4.39 Å². The number of halogens is 1. The molecule has 4 rings (SSSR count). The lowest BCUT2D eigenvalue weighted by atomic mass is 9.92. The zero-order valence-corrected chi connectivity index (χ0v) is 16.1. The van der Waals surface area contributed by atoms with Crippen LogP contribution in [0.15, 0.2) is 23.1 Å². The Morgan fingerprint density at radius 3 is 2.41 bits per heavy atom. The van der Waals surface area contributed by atoms with E-state index in [9.17, 15) is 13.2 Å². The van der Waals surface area contributed by atoms with Crippen LogP contribution in [0.2, 0.25) is 0 Å². The van der Waals surface area contributed by atoms with Gasteiger partial charge in [-0.1, -0.05) is 6.07 Å². The molecule has 0 spiro atoms. The van der Waals surface area contributed by atoms with Gasteiger partial charge in [0.1, 0.15) is 0 Å². The van der Waals surface area contributed by atoms with Crippen LogP contribution in [0, 0.1) is 0 Å². The third-order valence-corrected chi connectivity index (χ3v) is 7.80. The zero-order valence-electron chi connectivity index (χ0n) is 15.3. The summed E-state index contributed by atoms with van der Waals surface area (Å²) in [5.74, 6) is -0.527. The number of rotatable bonds is 3. The molecule has 1 aromatic rings. The number of morpholine rings is 1. The summed E-state index contributed by atoms with van der Waals surface area (Å²) >= 11 is 0. The number of sulfonamides is 1. The summed E-state index contributed by atoms with van der Waals surface area (Å²) in [5.41, 5.74) is 0.322. The molecule has 0 aromatic heterocycles. The van der Waals surface area contributed by atoms with E-state index in [2.05, 4.69) is 0 Å². The normalized spacial score (nSPS) is 23.2. The molecule has 0 bridgehead atoms. The maximum atomic E-state index is 15.2. The Hall–Kier alpha value is -1.51. The topological polar surface area (TPSA) is 66.9 Å². The Labute approximate surface area is 159 Å². The Bertz CT molecular complexity index is 828. The third kappa shape index (κ3) is 3.50. The van der Waals surface area contributed by atoms with Crippen molar-refractivity contribution in [2.75, 3.05) is 39.4 Å². The van der Waals surface area contributed by atoms with Gasteiger partial charge in [-0.15, -0.1) is 0 Å². The van der Waals surface area contributed by atoms with Crippen LogP contribution in [0.1, 0.15) is 30.4 Å². The van der Waals surface area contributed by atoms with Gasteiger partial charge in [-0.2, -0.15) is 4.31 Å². The Balaban J connectivity index is 1.45. The number of hydrogen-bond donors (Lipinski definition) is 0. The number of benzene rings is 1. The number of carbonyl (C=O) groups is 1. The molecule has 148 valence electrons. The summed E-state index contributed by atoms with van der Waals surface area (Å²) in [5, 5.41) is 0. The van der Waals surface area contributed by atoms with Gasteiger partial charge in [0, 0.05) is 39.0 Å². The molecule has 1 aliphatic carbocycles. The molecule has 2 heterocycles. The van der Waals surface area contributed by atoms with E-state index in [1.807, 2.05) is 6.07 Å². The number of alkyl halides is 1. The van der Waals surface area contributed by atoms with Crippen LogP contribution in [-0.4, -0.2) is 68.6 Å². The van der Waals surface area contributed by atoms with Crippen LogP contribution >= 0.6 is 0 Å².